The minimum atomic E-state index is -3.47. The number of aryl methyl sites for hydroxylation is 3. The van der Waals surface area contributed by atoms with Crippen LogP contribution in [0.5, 0.6) is 40.2 Å². The number of amides is 6. The molecule has 0 fully saturated rings. The van der Waals surface area contributed by atoms with Crippen molar-refractivity contribution in [2.45, 2.75) is 52.9 Å². The SMILES string of the molecule is CCOc1ccc(C(=O)Nc2cc(C)ccn2)cc1.CCOc1ccc(C(=O)Nc2ccc(F)c(Cl)c2)cc1.CCOc1ccc(C(=O)Nc2cccc(F)c2)cc1.CCOc1ccc(C(=O)Nc2nccs2)cc1.CN(C)c1ccc(C(=O)Nc2ccccn2)cc1.COc1ccc(OC)c(S(=O)(=O)CCc2cccnc2)c1.Cc1cccnc1NC(=O)COc1ccc(Cl)cc1Cl. The van der Waals surface area contributed by atoms with Crippen LogP contribution < -0.4 is 70.0 Å². The lowest BCUT2D eigenvalue weighted by Crippen LogP contribution is -2.21. The second-order valence-electron chi connectivity index (χ2n) is 28.0. The molecule has 9 aromatic carbocycles. The molecule has 0 unspecified atom stereocenters. The standard InChI is InChI=1S/C15H13ClFNO2.C15H14FNO2.C15H16N2O2.C15H17NO4S.C14H12Cl2N2O2.C14H15N3O.C12H12N2O2S/c1-2-20-12-6-3-10(4-7-12)15(19)18-11-5-8-14(17)13(16)9-11;1-2-19-14-8-6-11(7-9-14)15(18)17-13-5-3-4-12(16)10-13;1-3-19-13-6-4-12(5-7-13)15(18)17-14-10-11(2)8-9-16-14;1-19-13-5-6-14(20-2)15(10-13)21(17,18)9-7-12-4-3-8-16-11-12;1-9-3-2-6-17-14(9)18-13(19)8-20-12-5-4-10(15)7-11(12)16;1-17(2)12-8-6-11(7-9-12)14(18)16-13-5-3-4-10-15-13;1-2-16-10-5-3-9(4-6-10)11(15)14-12-13-7-8-17-12/h3-9H,2H2,1H3,(H,18,19);3-10H,2H2,1H3,(H,17,18);4-10H,3H2,1-2H3,(H,16,17,18);3-6,8,10-11H,7,9H2,1-2H3;2-7H,8H2,1H3,(H,17,18,19);3-10H,1-2H3,(H,15,16,18);3-8H,2H2,1H3,(H,13,14,15). The summed E-state index contributed by atoms with van der Waals surface area (Å²) in [5, 5.41) is 19.4. The van der Waals surface area contributed by atoms with Gasteiger partial charge in [0, 0.05) is 113 Å². The van der Waals surface area contributed by atoms with Gasteiger partial charge in [0.05, 0.1) is 56.4 Å². The molecule has 6 amide bonds. The van der Waals surface area contributed by atoms with Crippen LogP contribution in [0.25, 0.3) is 0 Å². The van der Waals surface area contributed by atoms with E-state index in [1.165, 1.54) is 62.0 Å². The molecule has 0 saturated heterocycles. The van der Waals surface area contributed by atoms with Crippen molar-refractivity contribution in [3.05, 3.63) is 369 Å². The first-order valence-corrected chi connectivity index (χ1v) is 45.1. The maximum Gasteiger partial charge on any atom is 0.263 e. The van der Waals surface area contributed by atoms with E-state index in [0.29, 0.717) is 133 Å². The van der Waals surface area contributed by atoms with Crippen LogP contribution >= 0.6 is 46.1 Å². The number of hydrogen-bond donors (Lipinski definition) is 6. The largest absolute Gasteiger partial charge is 0.497 e. The molecule has 0 aliphatic heterocycles. The number of pyridine rings is 4. The van der Waals surface area contributed by atoms with Crippen LogP contribution in [0.15, 0.2) is 302 Å². The molecular formula is C100H99Cl3F2N12O15S2. The lowest BCUT2D eigenvalue weighted by atomic mass is 10.2. The fraction of sp³-hybridized carbons (Fsp3) is 0.170. The quantitative estimate of drug-likeness (QED) is 0.0254. The Morgan fingerprint density at radius 1 is 0.433 bits per heavy atom. The Balaban J connectivity index is 0.000000192. The lowest BCUT2D eigenvalue weighted by Gasteiger charge is -2.12. The molecule has 34 heteroatoms. The van der Waals surface area contributed by atoms with Crippen LogP contribution in [-0.2, 0) is 21.1 Å². The van der Waals surface area contributed by atoms with Gasteiger partial charge in [-0.1, -0.05) is 59.1 Å². The number of methoxy groups -OCH3 is 2. The highest BCUT2D eigenvalue weighted by atomic mass is 35.5. The number of thiazole rings is 1. The van der Waals surface area contributed by atoms with E-state index < -0.39 is 15.7 Å². The predicted molar refractivity (Wildman–Crippen MR) is 523 cm³/mol. The van der Waals surface area contributed by atoms with Crippen LogP contribution in [0.2, 0.25) is 15.1 Å². The summed E-state index contributed by atoms with van der Waals surface area (Å²) in [4.78, 5) is 93.7. The number of carbonyl (C=O) groups excluding carboxylic acids is 6. The van der Waals surface area contributed by atoms with Gasteiger partial charge in [-0.25, -0.2) is 37.1 Å². The Morgan fingerprint density at radius 2 is 0.948 bits per heavy atom. The van der Waals surface area contributed by atoms with Crippen molar-refractivity contribution in [1.82, 2.24) is 24.9 Å². The number of sulfone groups is 1. The third kappa shape index (κ3) is 36.1. The zero-order valence-electron chi connectivity index (χ0n) is 74.8. The van der Waals surface area contributed by atoms with E-state index in [2.05, 4.69) is 56.8 Å². The predicted octanol–water partition coefficient (Wildman–Crippen LogP) is 21.7. The highest BCUT2D eigenvalue weighted by molar-refractivity contribution is 7.91. The van der Waals surface area contributed by atoms with E-state index in [4.69, 9.17) is 68.0 Å². The molecule has 0 atom stereocenters. The number of hydrogen-bond acceptors (Lipinski definition) is 22. The second-order valence-corrected chi connectivity index (χ2v) is 32.2. The Bertz CT molecular complexity index is 6090. The highest BCUT2D eigenvalue weighted by Crippen LogP contribution is 2.32. The molecule has 14 aromatic rings. The van der Waals surface area contributed by atoms with E-state index in [1.54, 1.807) is 207 Å². The Morgan fingerprint density at radius 3 is 1.43 bits per heavy atom. The summed E-state index contributed by atoms with van der Waals surface area (Å²) in [5.41, 5.74) is 7.49. The molecule has 0 bridgehead atoms. The molecule has 0 radical (unpaired) electrons. The minimum absolute atomic E-state index is 0.0117. The van der Waals surface area contributed by atoms with Crippen molar-refractivity contribution in [1.29, 1.82) is 0 Å². The van der Waals surface area contributed by atoms with Crippen molar-refractivity contribution < 1.29 is 79.1 Å². The summed E-state index contributed by atoms with van der Waals surface area (Å²) in [6.07, 6.45) is 10.3. The number of nitrogens with one attached hydrogen (secondary N) is 6. The van der Waals surface area contributed by atoms with Crippen LogP contribution in [0.3, 0.4) is 0 Å². The molecular weight excluding hydrogens is 1820 g/mol. The van der Waals surface area contributed by atoms with Gasteiger partial charge in [0.25, 0.3) is 35.4 Å². The number of nitrogens with zero attached hydrogens (tertiary/aromatic N) is 6. The Kier molecular flexibility index (Phi) is 43.1. The topological polar surface area (TPSA) is 341 Å². The van der Waals surface area contributed by atoms with Crippen molar-refractivity contribution in [2.24, 2.45) is 0 Å². The first-order valence-electron chi connectivity index (χ1n) is 41.4. The van der Waals surface area contributed by atoms with Crippen molar-refractivity contribution in [3.63, 3.8) is 0 Å². The number of ether oxygens (including phenoxy) is 7. The number of rotatable bonds is 29. The number of aromatic nitrogens is 5. The molecule has 27 nitrogen and oxygen atoms in total. The summed E-state index contributed by atoms with van der Waals surface area (Å²) in [6.45, 7) is 13.7. The van der Waals surface area contributed by atoms with Crippen LogP contribution in [0.4, 0.5) is 48.4 Å². The third-order valence-electron chi connectivity index (χ3n) is 17.9. The van der Waals surface area contributed by atoms with Gasteiger partial charge >= 0.3 is 0 Å². The number of carbonyl (C=O) groups is 6. The van der Waals surface area contributed by atoms with Gasteiger partial charge in [-0.2, -0.15) is 0 Å². The number of anilines is 7. The van der Waals surface area contributed by atoms with Crippen LogP contribution in [0, 0.1) is 25.5 Å². The summed E-state index contributed by atoms with van der Waals surface area (Å²) in [5.74, 6) is 3.47. The van der Waals surface area contributed by atoms with Crippen LogP contribution in [-0.4, -0.2) is 136 Å². The summed E-state index contributed by atoms with van der Waals surface area (Å²) < 4.78 is 87.8. The first kappa shape index (κ1) is 104. The lowest BCUT2D eigenvalue weighted by molar-refractivity contribution is -0.118. The molecule has 5 heterocycles. The van der Waals surface area contributed by atoms with Crippen LogP contribution in [0.1, 0.15) is 96.2 Å². The van der Waals surface area contributed by atoms with Crippen molar-refractivity contribution in [2.75, 3.05) is 104 Å². The van der Waals surface area contributed by atoms with Gasteiger partial charge in [0.2, 0.25) is 0 Å². The molecule has 14 rings (SSSR count). The average Bonchev–Trinajstić information content (AvgIpc) is 0.875. The summed E-state index contributed by atoms with van der Waals surface area (Å²) >= 11 is 18.8. The van der Waals surface area contributed by atoms with E-state index in [0.717, 1.165) is 33.9 Å². The Hall–Kier alpha value is -14.9. The Labute approximate surface area is 795 Å². The molecule has 0 aliphatic rings. The van der Waals surface area contributed by atoms with Crippen molar-refractivity contribution >= 4 is 131 Å². The molecule has 6 N–H and O–H groups in total. The van der Waals surface area contributed by atoms with Crippen molar-refractivity contribution in [3.8, 4) is 40.2 Å². The van der Waals surface area contributed by atoms with Gasteiger partial charge in [0.15, 0.2) is 21.6 Å². The number of halogens is 5. The normalized spacial score (nSPS) is 10.2. The summed E-state index contributed by atoms with van der Waals surface area (Å²) in [6, 6.07) is 70.7. The molecule has 134 heavy (non-hydrogen) atoms. The summed E-state index contributed by atoms with van der Waals surface area (Å²) in [7, 11) is 3.40. The maximum atomic E-state index is 13.0. The second kappa shape index (κ2) is 55.3. The third-order valence-corrected chi connectivity index (χ3v) is 21.2. The number of benzene rings is 9. The molecule has 696 valence electrons. The fourth-order valence-corrected chi connectivity index (χ4v) is 13.9. The van der Waals surface area contributed by atoms with Gasteiger partial charge in [0.1, 0.15) is 74.2 Å². The highest BCUT2D eigenvalue weighted by Gasteiger charge is 2.22. The van der Waals surface area contributed by atoms with E-state index in [1.807, 2.05) is 114 Å². The molecule has 0 saturated carbocycles. The van der Waals surface area contributed by atoms with Gasteiger partial charge in [-0.05, 0) is 289 Å². The van der Waals surface area contributed by atoms with E-state index >= 15 is 0 Å². The van der Waals surface area contributed by atoms with Gasteiger partial charge in [-0.15, -0.1) is 11.3 Å². The maximum absolute atomic E-state index is 13.0. The molecule has 5 aromatic heterocycles. The fourth-order valence-electron chi connectivity index (χ4n) is 11.3. The zero-order valence-corrected chi connectivity index (χ0v) is 78.7. The van der Waals surface area contributed by atoms with Gasteiger partial charge < -0.3 is 64.6 Å². The smallest absolute Gasteiger partial charge is 0.263 e. The average molecular weight is 1920 g/mol. The molecule has 0 spiro atoms. The van der Waals surface area contributed by atoms with E-state index in [-0.39, 0.29) is 63.5 Å². The van der Waals surface area contributed by atoms with Gasteiger partial charge in [-0.3, -0.25) is 39.1 Å². The molecule has 0 aliphatic carbocycles. The first-order chi connectivity index (χ1) is 64.5. The van der Waals surface area contributed by atoms with E-state index in [9.17, 15) is 46.0 Å². The monoisotopic (exact) mass is 1910 g/mol. The zero-order chi connectivity index (χ0) is 96.7. The minimum Gasteiger partial charge on any atom is -0.497 e.